The average molecular weight is 260 g/mol. The summed E-state index contributed by atoms with van der Waals surface area (Å²) in [6.07, 6.45) is -8.17. The largest absolute Gasteiger partial charge is 0.417 e. The van der Waals surface area contributed by atoms with Crippen molar-refractivity contribution in [3.8, 4) is 0 Å². The van der Waals surface area contributed by atoms with Crippen LogP contribution < -0.4 is 0 Å². The molecule has 0 atom stereocenters. The molecule has 0 spiro atoms. The van der Waals surface area contributed by atoms with E-state index in [1.165, 1.54) is 6.26 Å². The number of benzene rings is 1. The van der Waals surface area contributed by atoms with Gasteiger partial charge < -0.3 is 0 Å². The third-order valence-electron chi connectivity index (χ3n) is 1.83. The summed E-state index contributed by atoms with van der Waals surface area (Å²) in [6, 6.07) is 1.60. The van der Waals surface area contributed by atoms with Crippen LogP contribution in [0.3, 0.4) is 0 Å². The summed E-state index contributed by atoms with van der Waals surface area (Å²) in [4.78, 5) is -0.222. The van der Waals surface area contributed by atoms with E-state index in [4.69, 9.17) is 0 Å². The lowest BCUT2D eigenvalue weighted by Gasteiger charge is -2.14. The quantitative estimate of drug-likeness (QED) is 0.531. The van der Waals surface area contributed by atoms with Gasteiger partial charge in [0.2, 0.25) is 0 Å². The van der Waals surface area contributed by atoms with E-state index in [-0.39, 0.29) is 11.0 Å². The summed E-state index contributed by atoms with van der Waals surface area (Å²) < 4.78 is 73.9. The third-order valence-corrected chi connectivity index (χ3v) is 2.63. The van der Waals surface area contributed by atoms with Crippen molar-refractivity contribution in [1.29, 1.82) is 0 Å². The summed E-state index contributed by atoms with van der Waals surface area (Å²) in [6.45, 7) is 0. The second-order valence-corrected chi connectivity index (χ2v) is 3.76. The van der Waals surface area contributed by atoms with Gasteiger partial charge in [0, 0.05) is 4.90 Å². The van der Waals surface area contributed by atoms with Crippen LogP contribution in [0.15, 0.2) is 23.1 Å². The SMILES string of the molecule is CSc1ccc(C(F)(F)F)cc1C(F)(F)F. The second-order valence-electron chi connectivity index (χ2n) is 2.91. The van der Waals surface area contributed by atoms with Crippen molar-refractivity contribution in [2.75, 3.05) is 6.26 Å². The van der Waals surface area contributed by atoms with Gasteiger partial charge in [-0.2, -0.15) is 26.3 Å². The van der Waals surface area contributed by atoms with Crippen molar-refractivity contribution in [1.82, 2.24) is 0 Å². The Morgan fingerprint density at radius 3 is 1.88 bits per heavy atom. The predicted octanol–water partition coefficient (Wildman–Crippen LogP) is 4.45. The molecule has 0 saturated carbocycles. The average Bonchev–Trinajstić information content (AvgIpc) is 2.14. The Bertz CT molecular complexity index is 379. The molecule has 0 aromatic heterocycles. The fourth-order valence-electron chi connectivity index (χ4n) is 1.11. The summed E-state index contributed by atoms with van der Waals surface area (Å²) in [5.74, 6) is 0. The maximum atomic E-state index is 12.4. The van der Waals surface area contributed by atoms with Crippen LogP contribution in [-0.4, -0.2) is 6.26 Å². The molecule has 0 aliphatic carbocycles. The lowest BCUT2D eigenvalue weighted by molar-refractivity contribution is -0.144. The number of alkyl halides is 6. The van der Waals surface area contributed by atoms with Gasteiger partial charge in [0.05, 0.1) is 11.1 Å². The van der Waals surface area contributed by atoms with Crippen LogP contribution in [0.5, 0.6) is 0 Å². The molecular formula is C9H6F6S. The van der Waals surface area contributed by atoms with Crippen LogP contribution in [0.2, 0.25) is 0 Å². The van der Waals surface area contributed by atoms with Gasteiger partial charge in [-0.1, -0.05) is 0 Å². The Morgan fingerprint density at radius 1 is 0.938 bits per heavy atom. The van der Waals surface area contributed by atoms with Gasteiger partial charge in [0.1, 0.15) is 0 Å². The molecule has 1 aromatic carbocycles. The van der Waals surface area contributed by atoms with E-state index < -0.39 is 23.5 Å². The highest BCUT2D eigenvalue weighted by molar-refractivity contribution is 7.98. The second kappa shape index (κ2) is 4.20. The molecule has 0 radical (unpaired) electrons. The summed E-state index contributed by atoms with van der Waals surface area (Å²) in [5, 5.41) is 0. The molecule has 0 heterocycles. The Hall–Kier alpha value is -0.850. The lowest BCUT2D eigenvalue weighted by atomic mass is 10.1. The van der Waals surface area contributed by atoms with Crippen molar-refractivity contribution in [2.24, 2.45) is 0 Å². The van der Waals surface area contributed by atoms with Crippen molar-refractivity contribution >= 4 is 11.8 Å². The Morgan fingerprint density at radius 2 is 1.50 bits per heavy atom. The van der Waals surface area contributed by atoms with Gasteiger partial charge in [0.25, 0.3) is 0 Å². The first kappa shape index (κ1) is 13.2. The highest BCUT2D eigenvalue weighted by Crippen LogP contribution is 2.39. The zero-order valence-electron chi connectivity index (χ0n) is 7.91. The molecule has 0 bridgehead atoms. The van der Waals surface area contributed by atoms with E-state index in [0.29, 0.717) is 6.07 Å². The molecule has 1 rings (SSSR count). The molecular weight excluding hydrogens is 254 g/mol. The third kappa shape index (κ3) is 2.84. The van der Waals surface area contributed by atoms with Gasteiger partial charge >= 0.3 is 12.4 Å². The predicted molar refractivity (Wildman–Crippen MR) is 48.2 cm³/mol. The van der Waals surface area contributed by atoms with Crippen molar-refractivity contribution in [3.63, 3.8) is 0 Å². The fraction of sp³-hybridized carbons (Fsp3) is 0.333. The fourth-order valence-corrected chi connectivity index (χ4v) is 1.70. The molecule has 0 aliphatic rings. The van der Waals surface area contributed by atoms with Gasteiger partial charge in [0.15, 0.2) is 0 Å². The Kier molecular flexibility index (Phi) is 3.47. The number of hydrogen-bond donors (Lipinski definition) is 0. The highest BCUT2D eigenvalue weighted by Gasteiger charge is 2.37. The van der Waals surface area contributed by atoms with Gasteiger partial charge in [-0.05, 0) is 24.5 Å². The van der Waals surface area contributed by atoms with E-state index in [9.17, 15) is 26.3 Å². The maximum absolute atomic E-state index is 12.4. The maximum Gasteiger partial charge on any atom is 0.417 e. The summed E-state index contributed by atoms with van der Waals surface area (Å²) in [5.41, 5.74) is -2.55. The van der Waals surface area contributed by atoms with Gasteiger partial charge in [-0.25, -0.2) is 0 Å². The van der Waals surface area contributed by atoms with E-state index in [2.05, 4.69) is 0 Å². The first-order valence-corrected chi connectivity index (χ1v) is 5.21. The number of rotatable bonds is 1. The van der Waals surface area contributed by atoms with E-state index in [0.717, 1.165) is 17.8 Å². The van der Waals surface area contributed by atoms with Gasteiger partial charge in [-0.15, -0.1) is 11.8 Å². The molecule has 0 saturated heterocycles. The molecule has 90 valence electrons. The molecule has 0 N–H and O–H groups in total. The Labute approximate surface area is 91.6 Å². The molecule has 0 fully saturated rings. The lowest BCUT2D eigenvalue weighted by Crippen LogP contribution is -2.11. The minimum Gasteiger partial charge on any atom is -0.166 e. The van der Waals surface area contributed by atoms with E-state index in [1.54, 1.807) is 0 Å². The molecule has 0 nitrogen and oxygen atoms in total. The zero-order valence-corrected chi connectivity index (χ0v) is 8.72. The molecule has 0 unspecified atom stereocenters. The first-order valence-electron chi connectivity index (χ1n) is 3.98. The normalized spacial score (nSPS) is 12.9. The van der Waals surface area contributed by atoms with Crippen LogP contribution in [0.1, 0.15) is 11.1 Å². The smallest absolute Gasteiger partial charge is 0.166 e. The minimum atomic E-state index is -4.78. The molecule has 16 heavy (non-hydrogen) atoms. The first-order chi connectivity index (χ1) is 7.16. The van der Waals surface area contributed by atoms with Crippen LogP contribution in [0.4, 0.5) is 26.3 Å². The number of thioether (sulfide) groups is 1. The molecule has 0 amide bonds. The van der Waals surface area contributed by atoms with Crippen molar-refractivity contribution in [3.05, 3.63) is 29.3 Å². The number of halogens is 6. The molecule has 0 aliphatic heterocycles. The Balaban J connectivity index is 3.34. The van der Waals surface area contributed by atoms with Crippen molar-refractivity contribution in [2.45, 2.75) is 17.2 Å². The van der Waals surface area contributed by atoms with Crippen LogP contribution in [-0.2, 0) is 12.4 Å². The molecule has 7 heteroatoms. The zero-order chi connectivity index (χ0) is 12.6. The molecule has 1 aromatic rings. The van der Waals surface area contributed by atoms with Crippen LogP contribution in [0.25, 0.3) is 0 Å². The summed E-state index contributed by atoms with van der Waals surface area (Å²) >= 11 is 0.754. The van der Waals surface area contributed by atoms with Gasteiger partial charge in [-0.3, -0.25) is 0 Å². The van der Waals surface area contributed by atoms with E-state index >= 15 is 0 Å². The highest BCUT2D eigenvalue weighted by atomic mass is 32.2. The minimum absolute atomic E-state index is 0.131. The van der Waals surface area contributed by atoms with E-state index in [1.807, 2.05) is 0 Å². The monoisotopic (exact) mass is 260 g/mol. The topological polar surface area (TPSA) is 0 Å². The van der Waals surface area contributed by atoms with Crippen LogP contribution in [0, 0.1) is 0 Å². The standard InChI is InChI=1S/C9H6F6S/c1-16-7-3-2-5(8(10,11)12)4-6(7)9(13,14)15/h2-4H,1H3. The van der Waals surface area contributed by atoms with Crippen molar-refractivity contribution < 1.29 is 26.3 Å². The number of hydrogen-bond acceptors (Lipinski definition) is 1. The van der Waals surface area contributed by atoms with Crippen LogP contribution >= 0.6 is 11.8 Å². The summed E-state index contributed by atoms with van der Waals surface area (Å²) in [7, 11) is 0.